The average Bonchev–Trinajstić information content (AvgIpc) is 2.38. The number of carbonyl (C=O) groups excluding carboxylic acids is 2. The molecule has 0 radical (unpaired) electrons. The third-order valence-corrected chi connectivity index (χ3v) is 2.49. The van der Waals surface area contributed by atoms with Gasteiger partial charge in [0.25, 0.3) is 0 Å². The van der Waals surface area contributed by atoms with Crippen molar-refractivity contribution in [2.45, 2.75) is 26.2 Å². The molecule has 4 N–H and O–H groups in total. The van der Waals surface area contributed by atoms with Gasteiger partial charge in [0.15, 0.2) is 0 Å². The molecule has 0 fully saturated rings. The van der Waals surface area contributed by atoms with E-state index in [2.05, 4.69) is 5.32 Å². The Morgan fingerprint density at radius 1 is 1.30 bits per heavy atom. The first-order chi connectivity index (χ1) is 9.52. The normalized spacial score (nSPS) is 9.85. The Labute approximate surface area is 117 Å². The second kappa shape index (κ2) is 7.93. The summed E-state index contributed by atoms with van der Waals surface area (Å²) in [7, 11) is 0. The Hall–Kier alpha value is -2.37. The Morgan fingerprint density at radius 2 is 1.95 bits per heavy atom. The lowest BCUT2D eigenvalue weighted by Crippen LogP contribution is -2.21. The molecule has 0 bridgehead atoms. The predicted molar refractivity (Wildman–Crippen MR) is 76.8 cm³/mol. The summed E-state index contributed by atoms with van der Waals surface area (Å²) in [5.41, 5.74) is 6.11. The smallest absolute Gasteiger partial charge is 0.338 e. The first-order valence-corrected chi connectivity index (χ1v) is 6.43. The van der Waals surface area contributed by atoms with Crippen LogP contribution in [0.2, 0.25) is 0 Å². The first-order valence-electron chi connectivity index (χ1n) is 6.43. The molecule has 0 aliphatic heterocycles. The Morgan fingerprint density at radius 3 is 2.50 bits per heavy atom. The fourth-order valence-electron chi connectivity index (χ4n) is 1.46. The van der Waals surface area contributed by atoms with E-state index >= 15 is 0 Å². The fraction of sp³-hybridized carbons (Fsp3) is 0.357. The number of hydrogen-bond donors (Lipinski definition) is 3. The Bertz CT molecular complexity index is 483. The number of rotatable bonds is 7. The van der Waals surface area contributed by atoms with E-state index in [1.807, 2.05) is 6.92 Å². The SMILES string of the molecule is CCCCOC(=O)c1ccc(NC(=O)CC(=N)N)cc1. The number of hydrogen-bond acceptors (Lipinski definition) is 4. The average molecular weight is 277 g/mol. The van der Waals surface area contributed by atoms with Gasteiger partial charge in [-0.1, -0.05) is 13.3 Å². The van der Waals surface area contributed by atoms with Gasteiger partial charge in [0.2, 0.25) is 5.91 Å². The Kier molecular flexibility index (Phi) is 6.22. The van der Waals surface area contributed by atoms with Crippen LogP contribution in [0.5, 0.6) is 0 Å². The van der Waals surface area contributed by atoms with Crippen LogP contribution < -0.4 is 11.1 Å². The maximum absolute atomic E-state index is 11.6. The minimum atomic E-state index is -0.375. The number of esters is 1. The molecule has 0 spiro atoms. The molecule has 0 atom stereocenters. The van der Waals surface area contributed by atoms with Gasteiger partial charge in [0.1, 0.15) is 5.84 Å². The molecule has 0 aliphatic carbocycles. The first kappa shape index (κ1) is 15.7. The van der Waals surface area contributed by atoms with E-state index in [4.69, 9.17) is 15.9 Å². The van der Waals surface area contributed by atoms with E-state index in [0.717, 1.165) is 12.8 Å². The summed E-state index contributed by atoms with van der Waals surface area (Å²) in [6, 6.07) is 6.37. The zero-order valence-electron chi connectivity index (χ0n) is 11.4. The molecule has 108 valence electrons. The summed E-state index contributed by atoms with van der Waals surface area (Å²) in [5, 5.41) is 9.60. The van der Waals surface area contributed by atoms with Crippen molar-refractivity contribution in [1.29, 1.82) is 5.41 Å². The van der Waals surface area contributed by atoms with Crippen molar-refractivity contribution in [3.63, 3.8) is 0 Å². The second-order valence-corrected chi connectivity index (χ2v) is 4.32. The quantitative estimate of drug-likeness (QED) is 0.306. The van der Waals surface area contributed by atoms with Crippen LogP contribution >= 0.6 is 0 Å². The van der Waals surface area contributed by atoms with Crippen molar-refractivity contribution in [1.82, 2.24) is 0 Å². The van der Waals surface area contributed by atoms with Crippen molar-refractivity contribution < 1.29 is 14.3 Å². The van der Waals surface area contributed by atoms with Crippen LogP contribution in [-0.4, -0.2) is 24.3 Å². The van der Waals surface area contributed by atoms with E-state index in [1.54, 1.807) is 24.3 Å². The van der Waals surface area contributed by atoms with Crippen LogP contribution in [-0.2, 0) is 9.53 Å². The van der Waals surface area contributed by atoms with E-state index < -0.39 is 0 Å². The molecule has 20 heavy (non-hydrogen) atoms. The van der Waals surface area contributed by atoms with Crippen LogP contribution in [0.15, 0.2) is 24.3 Å². The molecule has 1 aromatic rings. The maximum atomic E-state index is 11.6. The number of carbonyl (C=O) groups is 2. The van der Waals surface area contributed by atoms with Gasteiger partial charge >= 0.3 is 5.97 Å². The van der Waals surface area contributed by atoms with E-state index in [1.165, 1.54) is 0 Å². The number of amides is 1. The summed E-state index contributed by atoms with van der Waals surface area (Å²) < 4.78 is 5.07. The number of benzene rings is 1. The highest BCUT2D eigenvalue weighted by Crippen LogP contribution is 2.11. The van der Waals surface area contributed by atoms with Crippen LogP contribution in [0.4, 0.5) is 5.69 Å². The molecule has 1 aromatic carbocycles. The number of ether oxygens (including phenoxy) is 1. The van der Waals surface area contributed by atoms with Crippen molar-refractivity contribution >= 4 is 23.4 Å². The molecule has 0 aromatic heterocycles. The molecule has 0 aliphatic rings. The van der Waals surface area contributed by atoms with Gasteiger partial charge in [-0.3, -0.25) is 10.2 Å². The summed E-state index contributed by atoms with van der Waals surface area (Å²) >= 11 is 0. The largest absolute Gasteiger partial charge is 0.462 e. The summed E-state index contributed by atoms with van der Waals surface area (Å²) in [6.45, 7) is 2.43. The van der Waals surface area contributed by atoms with Crippen molar-refractivity contribution in [2.24, 2.45) is 5.73 Å². The highest BCUT2D eigenvalue weighted by atomic mass is 16.5. The zero-order chi connectivity index (χ0) is 15.0. The minimum absolute atomic E-state index is 0.152. The lowest BCUT2D eigenvalue weighted by Gasteiger charge is -2.06. The molecular formula is C14H19N3O3. The van der Waals surface area contributed by atoms with Crippen LogP contribution in [0.3, 0.4) is 0 Å². The zero-order valence-corrected chi connectivity index (χ0v) is 11.4. The number of nitrogens with one attached hydrogen (secondary N) is 2. The second-order valence-electron chi connectivity index (χ2n) is 4.32. The van der Waals surface area contributed by atoms with Crippen molar-refractivity contribution in [3.05, 3.63) is 29.8 Å². The van der Waals surface area contributed by atoms with Gasteiger partial charge in [-0.15, -0.1) is 0 Å². The van der Waals surface area contributed by atoms with Gasteiger partial charge in [-0.05, 0) is 30.7 Å². The summed E-state index contributed by atoms with van der Waals surface area (Å²) in [5.74, 6) is -0.936. The molecule has 1 amide bonds. The summed E-state index contributed by atoms with van der Waals surface area (Å²) in [6.07, 6.45) is 1.65. The maximum Gasteiger partial charge on any atom is 0.338 e. The van der Waals surface area contributed by atoms with Gasteiger partial charge in [-0.2, -0.15) is 0 Å². The van der Waals surface area contributed by atoms with Gasteiger partial charge < -0.3 is 15.8 Å². The lowest BCUT2D eigenvalue weighted by molar-refractivity contribution is -0.115. The number of unbranched alkanes of at least 4 members (excludes halogenated alkanes) is 1. The summed E-state index contributed by atoms with van der Waals surface area (Å²) in [4.78, 5) is 23.0. The van der Waals surface area contributed by atoms with Crippen LogP contribution in [0, 0.1) is 5.41 Å². The van der Waals surface area contributed by atoms with Gasteiger partial charge in [0, 0.05) is 5.69 Å². The third kappa shape index (κ3) is 5.51. The molecular weight excluding hydrogens is 258 g/mol. The third-order valence-electron chi connectivity index (χ3n) is 2.49. The van der Waals surface area contributed by atoms with E-state index in [-0.39, 0.29) is 24.1 Å². The van der Waals surface area contributed by atoms with Crippen LogP contribution in [0.1, 0.15) is 36.5 Å². The van der Waals surface area contributed by atoms with E-state index in [9.17, 15) is 9.59 Å². The molecule has 0 heterocycles. The monoisotopic (exact) mass is 277 g/mol. The molecule has 0 unspecified atom stereocenters. The standard InChI is InChI=1S/C14H19N3O3/c1-2-3-8-20-14(19)10-4-6-11(7-5-10)17-13(18)9-12(15)16/h4-7H,2-3,8-9H2,1H3,(H3,15,16)(H,17,18). The number of anilines is 1. The molecule has 6 heteroatoms. The fourth-order valence-corrected chi connectivity index (χ4v) is 1.46. The minimum Gasteiger partial charge on any atom is -0.462 e. The van der Waals surface area contributed by atoms with Gasteiger partial charge in [-0.25, -0.2) is 4.79 Å². The molecule has 0 saturated carbocycles. The molecule has 0 saturated heterocycles. The van der Waals surface area contributed by atoms with E-state index in [0.29, 0.717) is 17.9 Å². The molecule has 6 nitrogen and oxygen atoms in total. The van der Waals surface area contributed by atoms with Crippen molar-refractivity contribution in [2.75, 3.05) is 11.9 Å². The topological polar surface area (TPSA) is 105 Å². The number of amidine groups is 1. The lowest BCUT2D eigenvalue weighted by atomic mass is 10.2. The highest BCUT2D eigenvalue weighted by Gasteiger charge is 2.08. The number of nitrogens with two attached hydrogens (primary N) is 1. The Balaban J connectivity index is 2.53. The van der Waals surface area contributed by atoms with Crippen LogP contribution in [0.25, 0.3) is 0 Å². The van der Waals surface area contributed by atoms with Crippen molar-refractivity contribution in [3.8, 4) is 0 Å². The molecule has 1 rings (SSSR count). The van der Waals surface area contributed by atoms with Gasteiger partial charge in [0.05, 0.1) is 18.6 Å². The predicted octanol–water partition coefficient (Wildman–Crippen LogP) is 1.91. The highest BCUT2D eigenvalue weighted by molar-refractivity contribution is 6.04.